The third-order valence-electron chi connectivity index (χ3n) is 4.15. The van der Waals surface area contributed by atoms with Crippen LogP contribution in [0.15, 0.2) is 34.3 Å². The molecule has 2 aromatic carbocycles. The van der Waals surface area contributed by atoms with Crippen molar-refractivity contribution in [3.63, 3.8) is 0 Å². The van der Waals surface area contributed by atoms with Crippen molar-refractivity contribution in [2.75, 3.05) is 35.5 Å². The molecule has 0 unspecified atom stereocenters. The van der Waals surface area contributed by atoms with E-state index in [9.17, 15) is 5.11 Å². The van der Waals surface area contributed by atoms with Crippen molar-refractivity contribution >= 4 is 18.4 Å². The molecule has 160 valence electrons. The van der Waals surface area contributed by atoms with Crippen molar-refractivity contribution in [1.82, 2.24) is 0 Å². The monoisotopic (exact) mass is 415 g/mol. The number of benzene rings is 2. The third kappa shape index (κ3) is 5.26. The number of guanidine groups is 1. The van der Waals surface area contributed by atoms with E-state index in [1.807, 2.05) is 0 Å². The second-order valence-electron chi connectivity index (χ2n) is 5.86. The first-order valence-electron chi connectivity index (χ1n) is 8.83. The molecular formula is C21H25N3O6. The Morgan fingerprint density at radius 1 is 0.767 bits per heavy atom. The first-order valence-corrected chi connectivity index (χ1v) is 8.83. The molecule has 2 aromatic rings. The van der Waals surface area contributed by atoms with Gasteiger partial charge in [-0.2, -0.15) is 0 Å². The van der Waals surface area contributed by atoms with Crippen molar-refractivity contribution < 1.29 is 28.8 Å². The van der Waals surface area contributed by atoms with Crippen molar-refractivity contribution in [2.45, 2.75) is 6.61 Å². The largest absolute Gasteiger partial charge is 0.496 e. The molecule has 0 atom stereocenters. The zero-order chi connectivity index (χ0) is 22.1. The number of methoxy groups -OCH3 is 5. The molecule has 9 heteroatoms. The van der Waals surface area contributed by atoms with Gasteiger partial charge in [0.05, 0.1) is 47.7 Å². The Hall–Kier alpha value is -3.59. The molecule has 0 fully saturated rings. The Labute approximate surface area is 175 Å². The highest BCUT2D eigenvalue weighted by molar-refractivity contribution is 5.98. The maximum atomic E-state index is 9.48. The van der Waals surface area contributed by atoms with Gasteiger partial charge in [-0.15, -0.1) is 0 Å². The Kier molecular flexibility index (Phi) is 8.18. The van der Waals surface area contributed by atoms with Crippen molar-refractivity contribution in [2.24, 2.45) is 9.98 Å². The number of aliphatic imine (C=N–C) groups is 2. The summed E-state index contributed by atoms with van der Waals surface area (Å²) in [4.78, 5) is 8.07. The molecular weight excluding hydrogens is 390 g/mol. The topological polar surface area (TPSA) is 115 Å². The quantitative estimate of drug-likeness (QED) is 0.506. The standard InChI is InChI=1S/C21H25N3O6/c1-26-16-6-13(7-17(27-2)15(16)12-25)10-23-21(22)24-11-14-8-18(28-3)20(30-5)19(9-14)29-4/h6-11,22,25H,12H2,1-5H3. The zero-order valence-electron chi connectivity index (χ0n) is 17.6. The number of hydrogen-bond acceptors (Lipinski definition) is 7. The van der Waals surface area contributed by atoms with Crippen LogP contribution in [-0.2, 0) is 6.61 Å². The van der Waals surface area contributed by atoms with E-state index in [2.05, 4.69) is 9.98 Å². The van der Waals surface area contributed by atoms with Gasteiger partial charge in [-0.3, -0.25) is 5.41 Å². The summed E-state index contributed by atoms with van der Waals surface area (Å²) < 4.78 is 26.4. The minimum absolute atomic E-state index is 0.215. The summed E-state index contributed by atoms with van der Waals surface area (Å²) in [7, 11) is 7.57. The van der Waals surface area contributed by atoms with Gasteiger partial charge in [-0.25, -0.2) is 9.98 Å². The van der Waals surface area contributed by atoms with E-state index in [0.29, 0.717) is 45.4 Å². The van der Waals surface area contributed by atoms with Gasteiger partial charge in [0.2, 0.25) is 11.7 Å². The molecule has 9 nitrogen and oxygen atoms in total. The van der Waals surface area contributed by atoms with Gasteiger partial charge in [-0.05, 0) is 24.3 Å². The highest BCUT2D eigenvalue weighted by atomic mass is 16.5. The molecule has 0 radical (unpaired) electrons. The van der Waals surface area contributed by atoms with Gasteiger partial charge >= 0.3 is 0 Å². The van der Waals surface area contributed by atoms with E-state index >= 15 is 0 Å². The van der Waals surface area contributed by atoms with E-state index in [1.54, 1.807) is 24.3 Å². The normalized spacial score (nSPS) is 11.0. The SMILES string of the molecule is COc1cc(C=NC(=N)N=Cc2cc(OC)c(OC)c(OC)c2)cc(OC)c1CO. The van der Waals surface area contributed by atoms with Crippen LogP contribution in [0.3, 0.4) is 0 Å². The van der Waals surface area contributed by atoms with E-state index in [-0.39, 0.29) is 12.6 Å². The molecule has 0 aliphatic carbocycles. The highest BCUT2D eigenvalue weighted by Gasteiger charge is 2.13. The second kappa shape index (κ2) is 10.8. The first kappa shape index (κ1) is 22.7. The minimum Gasteiger partial charge on any atom is -0.496 e. The van der Waals surface area contributed by atoms with Gasteiger partial charge in [0.1, 0.15) is 11.5 Å². The maximum Gasteiger partial charge on any atom is 0.241 e. The van der Waals surface area contributed by atoms with E-state index in [4.69, 9.17) is 29.1 Å². The molecule has 2 N–H and O–H groups in total. The Balaban J connectivity index is 2.23. The van der Waals surface area contributed by atoms with Crippen molar-refractivity contribution in [3.05, 3.63) is 41.0 Å². The summed E-state index contributed by atoms with van der Waals surface area (Å²) in [5.41, 5.74) is 1.82. The number of aliphatic hydroxyl groups excluding tert-OH is 1. The Morgan fingerprint density at radius 2 is 1.17 bits per heavy atom. The molecule has 0 aliphatic rings. The van der Waals surface area contributed by atoms with Crippen LogP contribution in [0.4, 0.5) is 0 Å². The van der Waals surface area contributed by atoms with Crippen molar-refractivity contribution in [3.8, 4) is 28.7 Å². The lowest BCUT2D eigenvalue weighted by atomic mass is 10.1. The fourth-order valence-corrected chi connectivity index (χ4v) is 2.72. The van der Waals surface area contributed by atoms with Crippen molar-refractivity contribution in [1.29, 1.82) is 5.41 Å². The minimum atomic E-state index is -0.224. The fraction of sp³-hybridized carbons (Fsp3) is 0.286. The molecule has 0 saturated carbocycles. The number of aliphatic hydroxyl groups is 1. The summed E-state index contributed by atoms with van der Waals surface area (Å²) in [5.74, 6) is 2.15. The van der Waals surface area contributed by atoms with Crippen LogP contribution < -0.4 is 23.7 Å². The lowest BCUT2D eigenvalue weighted by molar-refractivity contribution is 0.265. The number of nitrogens with zero attached hydrogens (tertiary/aromatic N) is 2. The molecule has 0 saturated heterocycles. The van der Waals surface area contributed by atoms with Crippen LogP contribution in [-0.4, -0.2) is 59.0 Å². The highest BCUT2D eigenvalue weighted by Crippen LogP contribution is 2.37. The van der Waals surface area contributed by atoms with E-state index < -0.39 is 0 Å². The maximum absolute atomic E-state index is 9.48. The molecule has 0 heterocycles. The van der Waals surface area contributed by atoms with Crippen LogP contribution in [0.25, 0.3) is 0 Å². The number of hydrogen-bond donors (Lipinski definition) is 2. The number of nitrogens with one attached hydrogen (secondary N) is 1. The van der Waals surface area contributed by atoms with E-state index in [0.717, 1.165) is 0 Å². The molecule has 30 heavy (non-hydrogen) atoms. The Bertz CT molecular complexity index is 830. The number of ether oxygens (including phenoxy) is 5. The molecule has 0 bridgehead atoms. The zero-order valence-corrected chi connectivity index (χ0v) is 17.6. The van der Waals surface area contributed by atoms with Gasteiger partial charge in [0.15, 0.2) is 11.5 Å². The lowest BCUT2D eigenvalue weighted by Gasteiger charge is -2.12. The summed E-state index contributed by atoms with van der Waals surface area (Å²) in [6, 6.07) is 6.80. The molecule has 0 aromatic heterocycles. The first-order chi connectivity index (χ1) is 14.5. The predicted molar refractivity (Wildman–Crippen MR) is 114 cm³/mol. The van der Waals surface area contributed by atoms with Crippen LogP contribution in [0, 0.1) is 5.41 Å². The van der Waals surface area contributed by atoms with Gasteiger partial charge in [0.25, 0.3) is 0 Å². The smallest absolute Gasteiger partial charge is 0.241 e. The number of rotatable bonds is 8. The molecule has 0 aliphatic heterocycles. The summed E-state index contributed by atoms with van der Waals surface area (Å²) in [6.07, 6.45) is 2.93. The Morgan fingerprint density at radius 3 is 1.50 bits per heavy atom. The van der Waals surface area contributed by atoms with Gasteiger partial charge in [0, 0.05) is 23.6 Å². The van der Waals surface area contributed by atoms with Gasteiger partial charge in [-0.1, -0.05) is 0 Å². The van der Waals surface area contributed by atoms with E-state index in [1.165, 1.54) is 48.0 Å². The van der Waals surface area contributed by atoms with Crippen LogP contribution in [0.1, 0.15) is 16.7 Å². The molecule has 0 spiro atoms. The predicted octanol–water partition coefficient (Wildman–Crippen LogP) is 2.69. The van der Waals surface area contributed by atoms with Crippen LogP contribution in [0.5, 0.6) is 28.7 Å². The van der Waals surface area contributed by atoms with Gasteiger partial charge < -0.3 is 28.8 Å². The summed E-state index contributed by atoms with van der Waals surface area (Å²) >= 11 is 0. The second-order valence-corrected chi connectivity index (χ2v) is 5.86. The molecule has 0 amide bonds. The summed E-state index contributed by atoms with van der Waals surface area (Å²) in [5, 5.41) is 17.4. The average Bonchev–Trinajstić information content (AvgIpc) is 2.79. The van der Waals surface area contributed by atoms with Crippen LogP contribution >= 0.6 is 0 Å². The molecule has 2 rings (SSSR count). The summed E-state index contributed by atoms with van der Waals surface area (Å²) in [6.45, 7) is -0.224. The lowest BCUT2D eigenvalue weighted by Crippen LogP contribution is -1.99. The fourth-order valence-electron chi connectivity index (χ4n) is 2.72. The van der Waals surface area contributed by atoms with Crippen LogP contribution in [0.2, 0.25) is 0 Å². The third-order valence-corrected chi connectivity index (χ3v) is 4.15. The average molecular weight is 415 g/mol.